The average Bonchev–Trinajstić information content (AvgIpc) is 3.38. The van der Waals surface area contributed by atoms with Gasteiger partial charge in [-0.1, -0.05) is 29.3 Å². The molecule has 1 atom stereocenters. The third-order valence-corrected chi connectivity index (χ3v) is 5.76. The molecule has 164 valence electrons. The molecule has 6 nitrogen and oxygen atoms in total. The highest BCUT2D eigenvalue weighted by atomic mass is 35.5. The lowest BCUT2D eigenvalue weighted by Crippen LogP contribution is -2.30. The normalized spacial score (nSPS) is 17.8. The number of carbonyl (C=O) groups is 2. The number of hydrogen-bond acceptors (Lipinski definition) is 5. The first kappa shape index (κ1) is 22.0. The molecule has 3 aromatic rings. The molecule has 1 aliphatic heterocycles. The Labute approximate surface area is 194 Å². The van der Waals surface area contributed by atoms with E-state index in [-0.39, 0.29) is 16.2 Å². The molecule has 1 saturated heterocycles. The molecule has 1 unspecified atom stereocenters. The first-order valence-corrected chi connectivity index (χ1v) is 10.6. The van der Waals surface area contributed by atoms with Crippen molar-refractivity contribution in [1.82, 2.24) is 0 Å². The summed E-state index contributed by atoms with van der Waals surface area (Å²) in [6, 6.07) is 12.0. The zero-order valence-corrected chi connectivity index (χ0v) is 18.8. The molecule has 8 heteroatoms. The number of benzene rings is 2. The Morgan fingerprint density at radius 2 is 1.94 bits per heavy atom. The third kappa shape index (κ3) is 3.76. The van der Waals surface area contributed by atoms with E-state index >= 15 is 0 Å². The van der Waals surface area contributed by atoms with Gasteiger partial charge in [-0.2, -0.15) is 0 Å². The zero-order chi connectivity index (χ0) is 23.0. The summed E-state index contributed by atoms with van der Waals surface area (Å²) in [5, 5.41) is 11.8. The number of aliphatic hydroxyl groups is 1. The van der Waals surface area contributed by atoms with Gasteiger partial charge >= 0.3 is 0 Å². The number of anilines is 1. The van der Waals surface area contributed by atoms with Gasteiger partial charge in [0.1, 0.15) is 23.3 Å². The van der Waals surface area contributed by atoms with Crippen molar-refractivity contribution in [1.29, 1.82) is 0 Å². The minimum atomic E-state index is -1.01. The van der Waals surface area contributed by atoms with E-state index in [0.29, 0.717) is 28.8 Å². The molecular weight excluding hydrogens is 453 g/mol. The van der Waals surface area contributed by atoms with E-state index in [1.54, 1.807) is 49.4 Å². The van der Waals surface area contributed by atoms with Crippen LogP contribution in [0.4, 0.5) is 5.69 Å². The Bertz CT molecular complexity index is 1230. The lowest BCUT2D eigenvalue weighted by atomic mass is 9.98. The maximum absolute atomic E-state index is 13.2. The average molecular weight is 472 g/mol. The van der Waals surface area contributed by atoms with Gasteiger partial charge in [-0.3, -0.25) is 14.5 Å². The second-order valence-corrected chi connectivity index (χ2v) is 8.03. The van der Waals surface area contributed by atoms with Crippen LogP contribution in [0, 0.1) is 6.92 Å². The molecule has 2 aromatic carbocycles. The van der Waals surface area contributed by atoms with E-state index in [0.717, 1.165) is 5.56 Å². The fraction of sp³-hybridized carbons (Fsp3) is 0.167. The van der Waals surface area contributed by atoms with Crippen LogP contribution in [0.5, 0.6) is 5.75 Å². The SMILES string of the molecule is CCOc1ccc(Cl)c(/C(O)=C2/C(=O)C(=O)N(c3cc(Cl)ccc3C)C2c2ccco2)c1. The van der Waals surface area contributed by atoms with E-state index < -0.39 is 23.5 Å². The van der Waals surface area contributed by atoms with Crippen LogP contribution in [0.2, 0.25) is 10.0 Å². The van der Waals surface area contributed by atoms with Crippen LogP contribution in [-0.4, -0.2) is 23.4 Å². The number of rotatable bonds is 5. The lowest BCUT2D eigenvalue weighted by molar-refractivity contribution is -0.132. The summed E-state index contributed by atoms with van der Waals surface area (Å²) < 4.78 is 11.1. The van der Waals surface area contributed by atoms with Gasteiger partial charge in [0.05, 0.1) is 23.5 Å². The van der Waals surface area contributed by atoms with Crippen LogP contribution in [0.15, 0.2) is 64.8 Å². The maximum atomic E-state index is 13.2. The maximum Gasteiger partial charge on any atom is 0.300 e. The minimum Gasteiger partial charge on any atom is -0.507 e. The Morgan fingerprint density at radius 1 is 1.16 bits per heavy atom. The first-order chi connectivity index (χ1) is 15.3. The van der Waals surface area contributed by atoms with Crippen LogP contribution in [-0.2, 0) is 9.59 Å². The van der Waals surface area contributed by atoms with Gasteiger partial charge in [0.15, 0.2) is 0 Å². The van der Waals surface area contributed by atoms with Crippen LogP contribution in [0.25, 0.3) is 5.76 Å². The number of aliphatic hydroxyl groups excluding tert-OH is 1. The molecular formula is C24H19Cl2NO5. The second-order valence-electron chi connectivity index (χ2n) is 7.19. The highest BCUT2D eigenvalue weighted by molar-refractivity contribution is 6.52. The number of Topliss-reactive ketones (excluding diaryl/α,β-unsaturated/α-hetero) is 1. The van der Waals surface area contributed by atoms with Gasteiger partial charge in [0.2, 0.25) is 0 Å². The van der Waals surface area contributed by atoms with Crippen LogP contribution in [0.3, 0.4) is 0 Å². The highest BCUT2D eigenvalue weighted by Gasteiger charge is 2.48. The Kier molecular flexibility index (Phi) is 6.00. The summed E-state index contributed by atoms with van der Waals surface area (Å²) >= 11 is 12.5. The van der Waals surface area contributed by atoms with E-state index in [9.17, 15) is 14.7 Å². The van der Waals surface area contributed by atoms with Crippen LogP contribution >= 0.6 is 23.2 Å². The topological polar surface area (TPSA) is 80.0 Å². The second kappa shape index (κ2) is 8.73. The van der Waals surface area contributed by atoms with Crippen molar-refractivity contribution in [2.24, 2.45) is 0 Å². The number of halogens is 2. The Hall–Kier alpha value is -3.22. The number of carbonyl (C=O) groups excluding carboxylic acids is 2. The van der Waals surface area contributed by atoms with Crippen molar-refractivity contribution in [3.8, 4) is 5.75 Å². The Balaban J connectivity index is 1.96. The molecule has 0 spiro atoms. The summed E-state index contributed by atoms with van der Waals surface area (Å²) in [5.41, 5.74) is 1.20. The van der Waals surface area contributed by atoms with Gasteiger partial charge in [-0.25, -0.2) is 0 Å². The van der Waals surface area contributed by atoms with Gasteiger partial charge in [-0.15, -0.1) is 0 Å². The summed E-state index contributed by atoms with van der Waals surface area (Å²) in [4.78, 5) is 27.6. The van der Waals surface area contributed by atoms with Gasteiger partial charge < -0.3 is 14.3 Å². The fourth-order valence-electron chi connectivity index (χ4n) is 3.73. The fourth-order valence-corrected chi connectivity index (χ4v) is 4.10. The summed E-state index contributed by atoms with van der Waals surface area (Å²) in [5.74, 6) is -1.31. The van der Waals surface area contributed by atoms with E-state index in [4.69, 9.17) is 32.4 Å². The van der Waals surface area contributed by atoms with Crippen molar-refractivity contribution in [3.63, 3.8) is 0 Å². The lowest BCUT2D eigenvalue weighted by Gasteiger charge is -2.25. The molecule has 4 rings (SSSR count). The molecule has 0 aliphatic carbocycles. The monoisotopic (exact) mass is 471 g/mol. The number of aryl methyl sites for hydroxylation is 1. The smallest absolute Gasteiger partial charge is 0.300 e. The number of nitrogens with zero attached hydrogens (tertiary/aromatic N) is 1. The predicted molar refractivity (Wildman–Crippen MR) is 122 cm³/mol. The van der Waals surface area contributed by atoms with Crippen molar-refractivity contribution in [3.05, 3.63) is 87.3 Å². The standard InChI is InChI=1S/C24H19Cl2NO5/c1-3-31-15-8-9-17(26)16(12-15)22(28)20-21(19-5-4-10-32-19)27(24(30)23(20)29)18-11-14(25)7-6-13(18)2/h4-12,21,28H,3H2,1-2H3/b22-20-. The summed E-state index contributed by atoms with van der Waals surface area (Å²) in [7, 11) is 0. The van der Waals surface area contributed by atoms with E-state index in [1.807, 2.05) is 6.92 Å². The molecule has 1 aliphatic rings. The molecule has 0 saturated carbocycles. The van der Waals surface area contributed by atoms with Gasteiger partial charge in [-0.05, 0) is 61.9 Å². The molecule has 1 amide bonds. The van der Waals surface area contributed by atoms with Gasteiger partial charge in [0, 0.05) is 16.3 Å². The van der Waals surface area contributed by atoms with Crippen molar-refractivity contribution < 1.29 is 23.8 Å². The molecule has 1 aromatic heterocycles. The van der Waals surface area contributed by atoms with Crippen molar-refractivity contribution in [2.75, 3.05) is 11.5 Å². The highest BCUT2D eigenvalue weighted by Crippen LogP contribution is 2.44. The quantitative estimate of drug-likeness (QED) is 0.283. The molecule has 2 heterocycles. The third-order valence-electron chi connectivity index (χ3n) is 5.19. The summed E-state index contributed by atoms with van der Waals surface area (Å²) in [6.45, 7) is 4.03. The molecule has 1 N–H and O–H groups in total. The first-order valence-electron chi connectivity index (χ1n) is 9.86. The van der Waals surface area contributed by atoms with Crippen molar-refractivity contribution in [2.45, 2.75) is 19.9 Å². The number of ketones is 1. The predicted octanol–water partition coefficient (Wildman–Crippen LogP) is 5.92. The van der Waals surface area contributed by atoms with Gasteiger partial charge in [0.25, 0.3) is 11.7 Å². The zero-order valence-electron chi connectivity index (χ0n) is 17.3. The molecule has 0 bridgehead atoms. The Morgan fingerprint density at radius 3 is 2.62 bits per heavy atom. The number of hydrogen-bond donors (Lipinski definition) is 1. The number of ether oxygens (including phenoxy) is 1. The number of amides is 1. The molecule has 32 heavy (non-hydrogen) atoms. The van der Waals surface area contributed by atoms with Crippen LogP contribution < -0.4 is 9.64 Å². The largest absolute Gasteiger partial charge is 0.507 e. The molecule has 1 fully saturated rings. The number of furan rings is 1. The minimum absolute atomic E-state index is 0.139. The van der Waals surface area contributed by atoms with Crippen molar-refractivity contribution >= 4 is 46.3 Å². The molecule has 0 radical (unpaired) electrons. The van der Waals surface area contributed by atoms with E-state index in [1.165, 1.54) is 17.2 Å². The van der Waals surface area contributed by atoms with E-state index in [2.05, 4.69) is 0 Å². The summed E-state index contributed by atoms with van der Waals surface area (Å²) in [6.07, 6.45) is 1.43. The van der Waals surface area contributed by atoms with Crippen LogP contribution in [0.1, 0.15) is 29.9 Å².